The van der Waals surface area contributed by atoms with Crippen LogP contribution in [0, 0.1) is 5.82 Å². The van der Waals surface area contributed by atoms with Crippen LogP contribution in [-0.2, 0) is 16.4 Å². The van der Waals surface area contributed by atoms with Crippen LogP contribution < -0.4 is 4.72 Å². The average molecular weight is 342 g/mol. The molecular weight excluding hydrogens is 325 g/mol. The molecule has 0 fully saturated rings. The number of sulfonamides is 1. The molecule has 2 aromatic carbocycles. The Morgan fingerprint density at radius 3 is 2.50 bits per heavy atom. The highest BCUT2D eigenvalue weighted by molar-refractivity contribution is 7.89. The zero-order chi connectivity index (χ0) is 16.2. The van der Waals surface area contributed by atoms with Gasteiger partial charge in [-0.2, -0.15) is 0 Å². The van der Waals surface area contributed by atoms with E-state index < -0.39 is 15.8 Å². The zero-order valence-corrected chi connectivity index (χ0v) is 13.7. The fourth-order valence-corrected chi connectivity index (χ4v) is 3.61. The Labute approximate surface area is 135 Å². The number of aryl methyl sites for hydroxylation is 1. The smallest absolute Gasteiger partial charge is 0.208 e. The van der Waals surface area contributed by atoms with Crippen LogP contribution >= 0.6 is 11.6 Å². The Morgan fingerprint density at radius 1 is 1.18 bits per heavy atom. The highest BCUT2D eigenvalue weighted by Gasteiger charge is 2.18. The van der Waals surface area contributed by atoms with Crippen molar-refractivity contribution in [1.82, 2.24) is 4.72 Å². The zero-order valence-electron chi connectivity index (χ0n) is 12.1. The number of halogens is 2. The van der Waals surface area contributed by atoms with Crippen molar-refractivity contribution in [2.24, 2.45) is 0 Å². The third-order valence-corrected chi connectivity index (χ3v) is 5.14. The first-order chi connectivity index (χ1) is 10.4. The second kappa shape index (κ2) is 7.22. The molecule has 0 heterocycles. The van der Waals surface area contributed by atoms with Gasteiger partial charge in [-0.15, -0.1) is 0 Å². The van der Waals surface area contributed by atoms with Crippen molar-refractivity contribution in [1.29, 1.82) is 0 Å². The van der Waals surface area contributed by atoms with Crippen LogP contribution in [0.15, 0.2) is 53.4 Å². The van der Waals surface area contributed by atoms with Gasteiger partial charge in [0.1, 0.15) is 5.82 Å². The summed E-state index contributed by atoms with van der Waals surface area (Å²) in [5.74, 6) is -0.641. The molecule has 22 heavy (non-hydrogen) atoms. The summed E-state index contributed by atoms with van der Waals surface area (Å²) in [7, 11) is -3.70. The number of rotatable bonds is 6. The minimum absolute atomic E-state index is 0.0366. The first-order valence-corrected chi connectivity index (χ1v) is 8.76. The van der Waals surface area contributed by atoms with Gasteiger partial charge >= 0.3 is 0 Å². The van der Waals surface area contributed by atoms with Crippen LogP contribution in [-0.4, -0.2) is 14.5 Å². The molecule has 3 nitrogen and oxygen atoms in total. The van der Waals surface area contributed by atoms with E-state index in [4.69, 9.17) is 11.6 Å². The first kappa shape index (κ1) is 16.9. The van der Waals surface area contributed by atoms with Crippen LogP contribution in [0.5, 0.6) is 0 Å². The molecule has 0 aliphatic rings. The van der Waals surface area contributed by atoms with Crippen molar-refractivity contribution in [3.05, 3.63) is 64.9 Å². The van der Waals surface area contributed by atoms with E-state index in [9.17, 15) is 12.8 Å². The minimum atomic E-state index is -3.70. The van der Waals surface area contributed by atoms with Crippen LogP contribution in [0.25, 0.3) is 0 Å². The van der Waals surface area contributed by atoms with Gasteiger partial charge in [-0.25, -0.2) is 17.5 Å². The van der Waals surface area contributed by atoms with Gasteiger partial charge in [0.25, 0.3) is 0 Å². The van der Waals surface area contributed by atoms with E-state index in [-0.39, 0.29) is 16.0 Å². The quantitative estimate of drug-likeness (QED) is 0.869. The van der Waals surface area contributed by atoms with Gasteiger partial charge in [-0.1, -0.05) is 41.9 Å². The third-order valence-electron chi connectivity index (χ3n) is 3.27. The molecule has 0 saturated carbocycles. The number of hydrogen-bond acceptors (Lipinski definition) is 2. The van der Waals surface area contributed by atoms with E-state index >= 15 is 0 Å². The monoisotopic (exact) mass is 341 g/mol. The Bertz CT molecular complexity index is 735. The van der Waals surface area contributed by atoms with Gasteiger partial charge in [0.05, 0.1) is 9.92 Å². The standard InChI is InChI=1S/C16H17ClFNO2S/c1-12(7-8-13-5-3-2-4-6-13)19-22(20,21)14-9-10-16(18)15(17)11-14/h2-6,9-12,19H,7-8H2,1H3/t12-/m0/s1. The Morgan fingerprint density at radius 2 is 1.86 bits per heavy atom. The number of hydrogen-bond donors (Lipinski definition) is 1. The lowest BCUT2D eigenvalue weighted by atomic mass is 10.1. The molecule has 0 spiro atoms. The largest absolute Gasteiger partial charge is 0.240 e. The van der Waals surface area contributed by atoms with E-state index in [1.165, 1.54) is 6.07 Å². The highest BCUT2D eigenvalue weighted by atomic mass is 35.5. The molecular formula is C16H17ClFNO2S. The first-order valence-electron chi connectivity index (χ1n) is 6.90. The van der Waals surface area contributed by atoms with Crippen LogP contribution in [0.1, 0.15) is 18.9 Å². The molecule has 0 aliphatic carbocycles. The van der Waals surface area contributed by atoms with Crippen molar-refractivity contribution < 1.29 is 12.8 Å². The molecule has 0 aromatic heterocycles. The maximum absolute atomic E-state index is 13.1. The van der Waals surface area contributed by atoms with Crippen LogP contribution in [0.3, 0.4) is 0 Å². The highest BCUT2D eigenvalue weighted by Crippen LogP contribution is 2.19. The molecule has 0 radical (unpaired) electrons. The van der Waals surface area contributed by atoms with E-state index in [0.29, 0.717) is 6.42 Å². The molecule has 2 aromatic rings. The Kier molecular flexibility index (Phi) is 5.56. The Hall–Kier alpha value is -1.43. The predicted octanol–water partition coefficient (Wildman–Crippen LogP) is 3.78. The minimum Gasteiger partial charge on any atom is -0.208 e. The molecule has 0 amide bonds. The van der Waals surface area contributed by atoms with Gasteiger partial charge in [0.2, 0.25) is 10.0 Å². The average Bonchev–Trinajstić information content (AvgIpc) is 2.48. The molecule has 2 rings (SSSR count). The lowest BCUT2D eigenvalue weighted by Gasteiger charge is -2.14. The lowest BCUT2D eigenvalue weighted by molar-refractivity contribution is 0.546. The van der Waals surface area contributed by atoms with Gasteiger partial charge in [0, 0.05) is 6.04 Å². The third kappa shape index (κ3) is 4.53. The SMILES string of the molecule is C[C@@H](CCc1ccccc1)NS(=O)(=O)c1ccc(F)c(Cl)c1. The molecule has 0 unspecified atom stereocenters. The van der Waals surface area contributed by atoms with Gasteiger partial charge in [-0.3, -0.25) is 0 Å². The van der Waals surface area contributed by atoms with Gasteiger partial charge in [-0.05, 0) is 43.5 Å². The van der Waals surface area contributed by atoms with Gasteiger partial charge in [0.15, 0.2) is 0 Å². The Balaban J connectivity index is 2.00. The van der Waals surface area contributed by atoms with Crippen molar-refractivity contribution in [2.75, 3.05) is 0 Å². The molecule has 0 aliphatic heterocycles. The summed E-state index contributed by atoms with van der Waals surface area (Å²) in [5, 5.41) is -0.209. The summed E-state index contributed by atoms with van der Waals surface area (Å²) in [4.78, 5) is -0.0366. The summed E-state index contributed by atoms with van der Waals surface area (Å²) < 4.78 is 40.1. The van der Waals surface area contributed by atoms with E-state index in [1.807, 2.05) is 30.3 Å². The second-order valence-corrected chi connectivity index (χ2v) is 7.24. The van der Waals surface area contributed by atoms with E-state index in [2.05, 4.69) is 4.72 Å². The summed E-state index contributed by atoms with van der Waals surface area (Å²) in [6.07, 6.45) is 1.44. The summed E-state index contributed by atoms with van der Waals surface area (Å²) in [6, 6.07) is 13.0. The van der Waals surface area contributed by atoms with Crippen LogP contribution in [0.2, 0.25) is 5.02 Å². The number of benzene rings is 2. The van der Waals surface area contributed by atoms with Crippen molar-refractivity contribution in [3.8, 4) is 0 Å². The summed E-state index contributed by atoms with van der Waals surface area (Å²) in [5.41, 5.74) is 1.15. The normalized spacial score (nSPS) is 13.0. The maximum Gasteiger partial charge on any atom is 0.240 e. The second-order valence-electron chi connectivity index (χ2n) is 5.12. The topological polar surface area (TPSA) is 46.2 Å². The lowest BCUT2D eigenvalue weighted by Crippen LogP contribution is -2.33. The van der Waals surface area contributed by atoms with Crippen LogP contribution in [0.4, 0.5) is 4.39 Å². The fourth-order valence-electron chi connectivity index (χ4n) is 2.06. The fraction of sp³-hybridized carbons (Fsp3) is 0.250. The molecule has 6 heteroatoms. The summed E-state index contributed by atoms with van der Waals surface area (Å²) >= 11 is 5.63. The predicted molar refractivity (Wildman–Crippen MR) is 86.0 cm³/mol. The molecule has 0 saturated heterocycles. The van der Waals surface area contributed by atoms with Crippen molar-refractivity contribution in [3.63, 3.8) is 0 Å². The number of nitrogens with one attached hydrogen (secondary N) is 1. The maximum atomic E-state index is 13.1. The molecule has 1 atom stereocenters. The van der Waals surface area contributed by atoms with E-state index in [1.54, 1.807) is 6.92 Å². The summed E-state index contributed by atoms with van der Waals surface area (Å²) in [6.45, 7) is 1.80. The van der Waals surface area contributed by atoms with Gasteiger partial charge < -0.3 is 0 Å². The molecule has 1 N–H and O–H groups in total. The molecule has 118 valence electrons. The van der Waals surface area contributed by atoms with Crippen molar-refractivity contribution in [2.45, 2.75) is 30.7 Å². The van der Waals surface area contributed by atoms with Crippen molar-refractivity contribution >= 4 is 21.6 Å². The van der Waals surface area contributed by atoms with E-state index in [0.717, 1.165) is 24.1 Å². The molecule has 0 bridgehead atoms.